The lowest BCUT2D eigenvalue weighted by Gasteiger charge is -2.46. The van der Waals surface area contributed by atoms with Gasteiger partial charge in [0, 0.05) is 11.1 Å². The fourth-order valence-electron chi connectivity index (χ4n) is 6.07. The van der Waals surface area contributed by atoms with Gasteiger partial charge < -0.3 is 5.32 Å². The van der Waals surface area contributed by atoms with Gasteiger partial charge in [-0.1, -0.05) is 129 Å². The molecule has 0 spiro atoms. The van der Waals surface area contributed by atoms with Gasteiger partial charge in [0.15, 0.2) is 0 Å². The van der Waals surface area contributed by atoms with Crippen LogP contribution in [0.15, 0.2) is 0 Å². The summed E-state index contributed by atoms with van der Waals surface area (Å²) < 4.78 is 0. The van der Waals surface area contributed by atoms with Crippen LogP contribution in [0.5, 0.6) is 0 Å². The van der Waals surface area contributed by atoms with Gasteiger partial charge in [-0.15, -0.1) is 0 Å². The van der Waals surface area contributed by atoms with Crippen molar-refractivity contribution in [2.24, 2.45) is 5.92 Å². The van der Waals surface area contributed by atoms with Gasteiger partial charge in [0.2, 0.25) is 0 Å². The van der Waals surface area contributed by atoms with Crippen LogP contribution in [0.2, 0.25) is 0 Å². The van der Waals surface area contributed by atoms with Crippen molar-refractivity contribution in [3.8, 4) is 0 Å². The van der Waals surface area contributed by atoms with E-state index in [0.717, 1.165) is 5.92 Å². The van der Waals surface area contributed by atoms with Crippen molar-refractivity contribution in [3.05, 3.63) is 0 Å². The van der Waals surface area contributed by atoms with Crippen LogP contribution >= 0.6 is 0 Å². The number of hydrogen-bond acceptors (Lipinski definition) is 1. The van der Waals surface area contributed by atoms with E-state index in [2.05, 4.69) is 39.9 Å². The van der Waals surface area contributed by atoms with Crippen LogP contribution < -0.4 is 5.32 Å². The van der Waals surface area contributed by atoms with Gasteiger partial charge in [0.1, 0.15) is 0 Å². The fraction of sp³-hybridized carbons (Fsp3) is 1.00. The summed E-state index contributed by atoms with van der Waals surface area (Å²) in [5, 5.41) is 3.82. The minimum atomic E-state index is 0.320. The Balaban J connectivity index is 1.80. The van der Waals surface area contributed by atoms with Crippen molar-refractivity contribution in [3.63, 3.8) is 0 Å². The predicted octanol–water partition coefficient (Wildman–Crippen LogP) is 9.97. The Bertz CT molecular complexity index is 368. The molecular formula is C29H59N. The van der Waals surface area contributed by atoms with E-state index in [0.29, 0.717) is 11.1 Å². The third kappa shape index (κ3) is 15.7. The highest BCUT2D eigenvalue weighted by Crippen LogP contribution is 2.35. The number of nitrogens with one attached hydrogen (secondary N) is 1. The summed E-state index contributed by atoms with van der Waals surface area (Å²) in [6.45, 7) is 11.8. The molecular weight excluding hydrogens is 362 g/mol. The molecule has 0 aromatic rings. The molecule has 1 N–H and O–H groups in total. The molecule has 0 radical (unpaired) electrons. The number of rotatable bonds is 19. The van der Waals surface area contributed by atoms with E-state index in [-0.39, 0.29) is 0 Å². The molecule has 0 amide bonds. The molecule has 0 bridgehead atoms. The average molecular weight is 422 g/mol. The Hall–Kier alpha value is -0.0400. The highest BCUT2D eigenvalue weighted by atomic mass is 15.0. The van der Waals surface area contributed by atoms with Crippen molar-refractivity contribution in [2.45, 2.75) is 181 Å². The van der Waals surface area contributed by atoms with E-state index in [1.165, 1.54) is 135 Å². The van der Waals surface area contributed by atoms with Crippen LogP contribution in [0.25, 0.3) is 0 Å². The molecule has 1 heterocycles. The van der Waals surface area contributed by atoms with Crippen LogP contribution in [-0.4, -0.2) is 11.1 Å². The van der Waals surface area contributed by atoms with E-state index in [4.69, 9.17) is 0 Å². The van der Waals surface area contributed by atoms with Gasteiger partial charge in [0.25, 0.3) is 0 Å². The van der Waals surface area contributed by atoms with E-state index < -0.39 is 0 Å². The van der Waals surface area contributed by atoms with Crippen LogP contribution in [0.1, 0.15) is 169 Å². The molecule has 0 saturated carbocycles. The molecule has 1 nitrogen and oxygen atoms in total. The lowest BCUT2D eigenvalue weighted by atomic mass is 9.74. The van der Waals surface area contributed by atoms with E-state index >= 15 is 0 Å². The molecule has 0 aromatic heterocycles. The van der Waals surface area contributed by atoms with Crippen LogP contribution in [0.3, 0.4) is 0 Å². The standard InChI is InChI=1S/C29H59N/c1-6-7-8-9-10-11-12-13-14-15-16-17-18-19-20-21-22-23-24-27-25-28(2,3)30-29(4,5)26-27/h27,30H,6-26H2,1-5H3. The number of hydrogen-bond donors (Lipinski definition) is 1. The van der Waals surface area contributed by atoms with Gasteiger partial charge in [-0.05, 0) is 46.5 Å². The van der Waals surface area contributed by atoms with Crippen LogP contribution in [-0.2, 0) is 0 Å². The molecule has 1 aliphatic heterocycles. The van der Waals surface area contributed by atoms with E-state index in [9.17, 15) is 0 Å². The van der Waals surface area contributed by atoms with Crippen molar-refractivity contribution in [1.82, 2.24) is 5.32 Å². The van der Waals surface area contributed by atoms with Crippen LogP contribution in [0, 0.1) is 5.92 Å². The second-order valence-corrected chi connectivity index (χ2v) is 12.0. The molecule has 180 valence electrons. The summed E-state index contributed by atoms with van der Waals surface area (Å²) in [7, 11) is 0. The molecule has 1 aliphatic rings. The molecule has 0 aromatic carbocycles. The molecule has 0 unspecified atom stereocenters. The minimum Gasteiger partial charge on any atom is -0.307 e. The Labute approximate surface area is 192 Å². The average Bonchev–Trinajstić information content (AvgIpc) is 2.64. The van der Waals surface area contributed by atoms with Gasteiger partial charge in [-0.3, -0.25) is 0 Å². The molecule has 0 atom stereocenters. The molecule has 0 aliphatic carbocycles. The van der Waals surface area contributed by atoms with Crippen LogP contribution in [0.4, 0.5) is 0 Å². The Morgan fingerprint density at radius 2 is 0.800 bits per heavy atom. The van der Waals surface area contributed by atoms with Crippen molar-refractivity contribution < 1.29 is 0 Å². The summed E-state index contributed by atoms with van der Waals surface area (Å²) >= 11 is 0. The van der Waals surface area contributed by atoms with Crippen molar-refractivity contribution in [1.29, 1.82) is 0 Å². The first-order valence-corrected chi connectivity index (χ1v) is 14.1. The minimum absolute atomic E-state index is 0.320. The van der Waals surface area contributed by atoms with Gasteiger partial charge in [-0.2, -0.15) is 0 Å². The first-order valence-electron chi connectivity index (χ1n) is 14.1. The normalized spacial score (nSPS) is 18.7. The lowest BCUT2D eigenvalue weighted by molar-refractivity contribution is 0.122. The quantitative estimate of drug-likeness (QED) is 0.204. The Morgan fingerprint density at radius 3 is 1.13 bits per heavy atom. The molecule has 30 heavy (non-hydrogen) atoms. The van der Waals surface area contributed by atoms with Crippen molar-refractivity contribution in [2.75, 3.05) is 0 Å². The summed E-state index contributed by atoms with van der Waals surface area (Å²) in [5.74, 6) is 0.928. The lowest BCUT2D eigenvalue weighted by Crippen LogP contribution is -2.57. The third-order valence-electron chi connectivity index (χ3n) is 7.24. The maximum atomic E-state index is 3.82. The second kappa shape index (κ2) is 16.6. The first-order chi connectivity index (χ1) is 14.3. The zero-order valence-electron chi connectivity index (χ0n) is 21.9. The first kappa shape index (κ1) is 28.0. The Morgan fingerprint density at radius 1 is 0.500 bits per heavy atom. The highest BCUT2D eigenvalue weighted by molar-refractivity contribution is 4.96. The predicted molar refractivity (Wildman–Crippen MR) is 137 cm³/mol. The van der Waals surface area contributed by atoms with E-state index in [1.54, 1.807) is 0 Å². The fourth-order valence-corrected chi connectivity index (χ4v) is 6.07. The summed E-state index contributed by atoms with van der Waals surface area (Å²) in [4.78, 5) is 0. The maximum Gasteiger partial charge on any atom is 0.0132 e. The monoisotopic (exact) mass is 421 g/mol. The summed E-state index contributed by atoms with van der Waals surface area (Å²) in [5.41, 5.74) is 0.640. The smallest absolute Gasteiger partial charge is 0.0132 e. The SMILES string of the molecule is CCCCCCCCCCCCCCCCCCCCC1CC(C)(C)NC(C)(C)C1. The number of unbranched alkanes of at least 4 members (excludes halogenated alkanes) is 17. The Kier molecular flexibility index (Phi) is 15.5. The number of piperidine rings is 1. The van der Waals surface area contributed by atoms with Crippen molar-refractivity contribution >= 4 is 0 Å². The zero-order chi connectivity index (χ0) is 22.1. The molecule has 1 heteroatoms. The summed E-state index contributed by atoms with van der Waals surface area (Å²) in [6, 6.07) is 0. The highest BCUT2D eigenvalue weighted by Gasteiger charge is 2.36. The molecule has 1 fully saturated rings. The summed E-state index contributed by atoms with van der Waals surface area (Å²) in [6.07, 6.45) is 30.6. The largest absolute Gasteiger partial charge is 0.307 e. The third-order valence-corrected chi connectivity index (χ3v) is 7.24. The van der Waals surface area contributed by atoms with Gasteiger partial charge >= 0.3 is 0 Å². The second-order valence-electron chi connectivity index (χ2n) is 12.0. The molecule has 1 rings (SSSR count). The van der Waals surface area contributed by atoms with E-state index in [1.807, 2.05) is 0 Å². The maximum absolute atomic E-state index is 3.82. The van der Waals surface area contributed by atoms with Gasteiger partial charge in [0.05, 0.1) is 0 Å². The zero-order valence-corrected chi connectivity index (χ0v) is 21.9. The van der Waals surface area contributed by atoms with Gasteiger partial charge in [-0.25, -0.2) is 0 Å². The topological polar surface area (TPSA) is 12.0 Å². The molecule has 1 saturated heterocycles.